The van der Waals surface area contributed by atoms with Crippen molar-refractivity contribution in [1.29, 1.82) is 0 Å². The molecule has 0 amide bonds. The van der Waals surface area contributed by atoms with Crippen LogP contribution < -0.4 is 0 Å². The van der Waals surface area contributed by atoms with E-state index in [4.69, 9.17) is 4.74 Å². The lowest BCUT2D eigenvalue weighted by Crippen LogP contribution is -2.26. The first-order valence-electron chi connectivity index (χ1n) is 6.62. The van der Waals surface area contributed by atoms with Crippen LogP contribution in [-0.2, 0) is 9.53 Å². The van der Waals surface area contributed by atoms with Crippen LogP contribution in [0.15, 0.2) is 0 Å². The van der Waals surface area contributed by atoms with Crippen molar-refractivity contribution in [2.45, 2.75) is 71.8 Å². The third kappa shape index (κ3) is 5.00. The van der Waals surface area contributed by atoms with Gasteiger partial charge in [0.05, 0.1) is 0 Å². The smallest absolute Gasteiger partial charge is 0.306 e. The molecule has 0 aliphatic heterocycles. The molecule has 0 radical (unpaired) electrons. The molecule has 0 heterocycles. The fourth-order valence-electron chi connectivity index (χ4n) is 2.46. The van der Waals surface area contributed by atoms with Gasteiger partial charge in [0.15, 0.2) is 0 Å². The maximum atomic E-state index is 11.7. The molecule has 1 aliphatic carbocycles. The highest BCUT2D eigenvalue weighted by molar-refractivity contribution is 5.70. The van der Waals surface area contributed by atoms with E-state index in [0.29, 0.717) is 12.3 Å². The Kier molecular flexibility index (Phi) is 4.82. The molecule has 1 rings (SSSR count). The number of carbonyl (C=O) groups excluding carboxylic acids is 1. The summed E-state index contributed by atoms with van der Waals surface area (Å²) in [5, 5.41) is 0. The standard InChI is InChI=1S/C14H26O2/c1-5-11-6-8-12(9-7-11)10-13(15)16-14(2,3)4/h11-12H,5-10H2,1-4H3. The van der Waals surface area contributed by atoms with Gasteiger partial charge in [-0.3, -0.25) is 4.79 Å². The van der Waals surface area contributed by atoms with E-state index in [0.717, 1.165) is 5.92 Å². The summed E-state index contributed by atoms with van der Waals surface area (Å²) in [6.45, 7) is 8.05. The summed E-state index contributed by atoms with van der Waals surface area (Å²) in [6, 6.07) is 0. The van der Waals surface area contributed by atoms with Gasteiger partial charge in [-0.25, -0.2) is 0 Å². The molecule has 0 saturated heterocycles. The maximum Gasteiger partial charge on any atom is 0.306 e. The largest absolute Gasteiger partial charge is 0.460 e. The zero-order chi connectivity index (χ0) is 12.2. The SMILES string of the molecule is CCC1CCC(CC(=O)OC(C)(C)C)CC1. The van der Waals surface area contributed by atoms with Crippen LogP contribution in [0.1, 0.15) is 66.2 Å². The number of ether oxygens (including phenoxy) is 1. The molecule has 2 nitrogen and oxygen atoms in total. The van der Waals surface area contributed by atoms with Gasteiger partial charge in [0.25, 0.3) is 0 Å². The van der Waals surface area contributed by atoms with Crippen molar-refractivity contribution in [3.8, 4) is 0 Å². The molecular formula is C14H26O2. The third-order valence-corrected chi connectivity index (χ3v) is 3.42. The molecule has 0 aromatic heterocycles. The quantitative estimate of drug-likeness (QED) is 0.681. The summed E-state index contributed by atoms with van der Waals surface area (Å²) >= 11 is 0. The molecule has 1 saturated carbocycles. The van der Waals surface area contributed by atoms with Crippen LogP contribution >= 0.6 is 0 Å². The van der Waals surface area contributed by atoms with Crippen molar-refractivity contribution >= 4 is 5.97 Å². The molecular weight excluding hydrogens is 200 g/mol. The fourth-order valence-corrected chi connectivity index (χ4v) is 2.46. The molecule has 0 atom stereocenters. The Morgan fingerprint density at radius 1 is 1.12 bits per heavy atom. The van der Waals surface area contributed by atoms with Crippen molar-refractivity contribution in [3.05, 3.63) is 0 Å². The van der Waals surface area contributed by atoms with Crippen LogP contribution in [-0.4, -0.2) is 11.6 Å². The first-order valence-corrected chi connectivity index (χ1v) is 6.62. The Balaban J connectivity index is 2.26. The van der Waals surface area contributed by atoms with Crippen molar-refractivity contribution in [3.63, 3.8) is 0 Å². The average Bonchev–Trinajstić information content (AvgIpc) is 2.16. The minimum atomic E-state index is -0.336. The van der Waals surface area contributed by atoms with Crippen molar-refractivity contribution < 1.29 is 9.53 Å². The van der Waals surface area contributed by atoms with Crippen LogP contribution in [0, 0.1) is 11.8 Å². The summed E-state index contributed by atoms with van der Waals surface area (Å²) in [6.07, 6.45) is 6.91. The van der Waals surface area contributed by atoms with E-state index >= 15 is 0 Å². The third-order valence-electron chi connectivity index (χ3n) is 3.42. The van der Waals surface area contributed by atoms with Gasteiger partial charge in [-0.15, -0.1) is 0 Å². The first kappa shape index (κ1) is 13.5. The van der Waals surface area contributed by atoms with Gasteiger partial charge in [-0.05, 0) is 45.4 Å². The second-order valence-electron chi connectivity index (χ2n) is 6.09. The van der Waals surface area contributed by atoms with Crippen LogP contribution in [0.3, 0.4) is 0 Å². The topological polar surface area (TPSA) is 26.3 Å². The van der Waals surface area contributed by atoms with Crippen LogP contribution in [0.5, 0.6) is 0 Å². The average molecular weight is 226 g/mol. The summed E-state index contributed by atoms with van der Waals surface area (Å²) in [5.74, 6) is 1.44. The van der Waals surface area contributed by atoms with Gasteiger partial charge >= 0.3 is 5.97 Å². The Morgan fingerprint density at radius 3 is 2.06 bits per heavy atom. The van der Waals surface area contributed by atoms with E-state index in [1.807, 2.05) is 20.8 Å². The lowest BCUT2D eigenvalue weighted by molar-refractivity contribution is -0.156. The molecule has 2 heteroatoms. The highest BCUT2D eigenvalue weighted by atomic mass is 16.6. The van der Waals surface area contributed by atoms with Crippen LogP contribution in [0.25, 0.3) is 0 Å². The lowest BCUT2D eigenvalue weighted by atomic mass is 9.79. The minimum Gasteiger partial charge on any atom is -0.460 e. The van der Waals surface area contributed by atoms with E-state index in [1.54, 1.807) is 0 Å². The Morgan fingerprint density at radius 2 is 1.62 bits per heavy atom. The van der Waals surface area contributed by atoms with Gasteiger partial charge in [-0.2, -0.15) is 0 Å². The Hall–Kier alpha value is -0.530. The molecule has 0 bridgehead atoms. The van der Waals surface area contributed by atoms with Crippen LogP contribution in [0.2, 0.25) is 0 Å². The molecule has 94 valence electrons. The molecule has 16 heavy (non-hydrogen) atoms. The molecule has 1 fully saturated rings. The normalized spacial score (nSPS) is 26.5. The fraction of sp³-hybridized carbons (Fsp3) is 0.929. The Bertz CT molecular complexity index is 219. The number of rotatable bonds is 3. The zero-order valence-corrected chi connectivity index (χ0v) is 11.2. The number of esters is 1. The predicted octanol–water partition coefficient (Wildman–Crippen LogP) is 3.93. The summed E-state index contributed by atoms with van der Waals surface area (Å²) in [5.41, 5.74) is -0.336. The molecule has 0 N–H and O–H groups in total. The number of carbonyl (C=O) groups is 1. The molecule has 0 aromatic carbocycles. The van der Waals surface area contributed by atoms with Gasteiger partial charge in [0.2, 0.25) is 0 Å². The van der Waals surface area contributed by atoms with Gasteiger partial charge in [0.1, 0.15) is 5.60 Å². The minimum absolute atomic E-state index is 0.0209. The summed E-state index contributed by atoms with van der Waals surface area (Å²) in [4.78, 5) is 11.7. The molecule has 0 spiro atoms. The van der Waals surface area contributed by atoms with Crippen molar-refractivity contribution in [1.82, 2.24) is 0 Å². The predicted molar refractivity (Wildman–Crippen MR) is 66.2 cm³/mol. The zero-order valence-electron chi connectivity index (χ0n) is 11.2. The highest BCUT2D eigenvalue weighted by Crippen LogP contribution is 2.32. The van der Waals surface area contributed by atoms with Crippen LogP contribution in [0.4, 0.5) is 0 Å². The second kappa shape index (κ2) is 5.70. The van der Waals surface area contributed by atoms with Gasteiger partial charge in [-0.1, -0.05) is 26.2 Å². The molecule has 0 unspecified atom stereocenters. The lowest BCUT2D eigenvalue weighted by Gasteiger charge is -2.28. The molecule has 1 aliphatic rings. The number of hydrogen-bond acceptors (Lipinski definition) is 2. The van der Waals surface area contributed by atoms with Gasteiger partial charge in [0, 0.05) is 6.42 Å². The maximum absolute atomic E-state index is 11.7. The first-order chi connectivity index (χ1) is 7.40. The van der Waals surface area contributed by atoms with Gasteiger partial charge < -0.3 is 4.74 Å². The highest BCUT2D eigenvalue weighted by Gasteiger charge is 2.24. The van der Waals surface area contributed by atoms with E-state index in [9.17, 15) is 4.79 Å². The van der Waals surface area contributed by atoms with E-state index in [-0.39, 0.29) is 11.6 Å². The van der Waals surface area contributed by atoms with Crippen molar-refractivity contribution in [2.24, 2.45) is 11.8 Å². The second-order valence-corrected chi connectivity index (χ2v) is 6.09. The van der Waals surface area contributed by atoms with Crippen molar-refractivity contribution in [2.75, 3.05) is 0 Å². The number of hydrogen-bond donors (Lipinski definition) is 0. The van der Waals surface area contributed by atoms with E-state index in [2.05, 4.69) is 6.92 Å². The summed E-state index contributed by atoms with van der Waals surface area (Å²) < 4.78 is 5.35. The van der Waals surface area contributed by atoms with E-state index in [1.165, 1.54) is 32.1 Å². The monoisotopic (exact) mass is 226 g/mol. The summed E-state index contributed by atoms with van der Waals surface area (Å²) in [7, 11) is 0. The Labute approximate surface area is 99.8 Å². The van der Waals surface area contributed by atoms with E-state index < -0.39 is 0 Å². The molecule has 0 aromatic rings.